The number of nitrogens with zero attached hydrogens (tertiary/aromatic N) is 2. The number of piperazine rings is 1. The molecule has 0 unspecified atom stereocenters. The Hall–Kier alpha value is -1.06. The first-order chi connectivity index (χ1) is 10.8. The van der Waals surface area contributed by atoms with E-state index in [0.717, 1.165) is 18.3 Å². The average molecular weight is 302 g/mol. The Morgan fingerprint density at radius 3 is 2.14 bits per heavy atom. The van der Waals surface area contributed by atoms with Crippen LogP contribution in [0.4, 0.5) is 0 Å². The van der Waals surface area contributed by atoms with Gasteiger partial charge in [-0.25, -0.2) is 0 Å². The number of benzene rings is 1. The summed E-state index contributed by atoms with van der Waals surface area (Å²) < 4.78 is 5.23. The van der Waals surface area contributed by atoms with E-state index in [1.165, 1.54) is 70.3 Å². The maximum atomic E-state index is 5.23. The van der Waals surface area contributed by atoms with Gasteiger partial charge in [0.05, 0.1) is 7.11 Å². The molecule has 1 aromatic rings. The summed E-state index contributed by atoms with van der Waals surface area (Å²) in [5.41, 5.74) is 1.39. The third-order valence-corrected chi connectivity index (χ3v) is 5.31. The number of rotatable bonds is 4. The molecule has 1 saturated carbocycles. The lowest BCUT2D eigenvalue weighted by atomic mass is 10.1. The van der Waals surface area contributed by atoms with Crippen LogP contribution in [-0.2, 0) is 6.54 Å². The zero-order valence-corrected chi connectivity index (χ0v) is 14.0. The lowest BCUT2D eigenvalue weighted by molar-refractivity contribution is 0.0851. The molecule has 1 aromatic carbocycles. The second-order valence-electron chi connectivity index (χ2n) is 6.81. The lowest BCUT2D eigenvalue weighted by Crippen LogP contribution is -2.49. The van der Waals surface area contributed by atoms with Gasteiger partial charge in [0.15, 0.2) is 0 Å². The first kappa shape index (κ1) is 15.8. The molecule has 0 amide bonds. The van der Waals surface area contributed by atoms with Crippen molar-refractivity contribution in [3.05, 3.63) is 29.8 Å². The maximum Gasteiger partial charge on any atom is 0.118 e. The molecular formula is C19H30N2O. The average Bonchev–Trinajstić information content (AvgIpc) is 2.86. The molecular weight excluding hydrogens is 272 g/mol. The van der Waals surface area contributed by atoms with Gasteiger partial charge in [-0.1, -0.05) is 37.8 Å². The Labute approximate surface area is 135 Å². The van der Waals surface area contributed by atoms with Gasteiger partial charge in [-0.15, -0.1) is 0 Å². The van der Waals surface area contributed by atoms with Crippen molar-refractivity contribution < 1.29 is 4.74 Å². The highest BCUT2D eigenvalue weighted by Crippen LogP contribution is 2.23. The molecule has 22 heavy (non-hydrogen) atoms. The molecule has 0 spiro atoms. The van der Waals surface area contributed by atoms with E-state index in [-0.39, 0.29) is 0 Å². The summed E-state index contributed by atoms with van der Waals surface area (Å²) in [4.78, 5) is 5.35. The summed E-state index contributed by atoms with van der Waals surface area (Å²) in [6.07, 6.45) is 8.65. The summed E-state index contributed by atoms with van der Waals surface area (Å²) in [5, 5.41) is 0. The van der Waals surface area contributed by atoms with Crippen molar-refractivity contribution in [2.24, 2.45) is 0 Å². The van der Waals surface area contributed by atoms with Crippen molar-refractivity contribution in [2.45, 2.75) is 51.1 Å². The molecule has 0 N–H and O–H groups in total. The van der Waals surface area contributed by atoms with Crippen molar-refractivity contribution in [3.8, 4) is 5.75 Å². The molecule has 0 aromatic heterocycles. The van der Waals surface area contributed by atoms with Crippen molar-refractivity contribution in [1.82, 2.24) is 9.80 Å². The predicted octanol–water partition coefficient (Wildman–Crippen LogP) is 3.54. The minimum Gasteiger partial charge on any atom is -0.497 e. The molecule has 1 aliphatic carbocycles. The molecule has 1 saturated heterocycles. The fourth-order valence-corrected chi connectivity index (χ4v) is 3.90. The summed E-state index contributed by atoms with van der Waals surface area (Å²) >= 11 is 0. The topological polar surface area (TPSA) is 15.7 Å². The van der Waals surface area contributed by atoms with Crippen LogP contribution in [0.3, 0.4) is 0 Å². The van der Waals surface area contributed by atoms with Gasteiger partial charge in [-0.3, -0.25) is 9.80 Å². The summed E-state index contributed by atoms with van der Waals surface area (Å²) in [5.74, 6) is 0.946. The number of ether oxygens (including phenoxy) is 1. The van der Waals surface area contributed by atoms with E-state index >= 15 is 0 Å². The monoisotopic (exact) mass is 302 g/mol. The van der Waals surface area contributed by atoms with Gasteiger partial charge in [0.2, 0.25) is 0 Å². The molecule has 1 heterocycles. The Morgan fingerprint density at radius 1 is 0.909 bits per heavy atom. The molecule has 0 atom stereocenters. The van der Waals surface area contributed by atoms with Crippen LogP contribution in [0.15, 0.2) is 24.3 Å². The van der Waals surface area contributed by atoms with Crippen LogP contribution < -0.4 is 4.74 Å². The summed E-state index contributed by atoms with van der Waals surface area (Å²) in [6, 6.07) is 9.38. The highest BCUT2D eigenvalue weighted by molar-refractivity contribution is 5.27. The highest BCUT2D eigenvalue weighted by Gasteiger charge is 2.24. The van der Waals surface area contributed by atoms with E-state index in [9.17, 15) is 0 Å². The SMILES string of the molecule is COc1ccc(CN2CCN(C3CCCCCC3)CC2)cc1. The standard InChI is InChI=1S/C19H30N2O/c1-22-19-10-8-17(9-11-19)16-20-12-14-21(15-13-20)18-6-4-2-3-5-7-18/h8-11,18H,2-7,12-16H2,1H3. The molecule has 0 bridgehead atoms. The summed E-state index contributed by atoms with van der Waals surface area (Å²) in [7, 11) is 1.72. The van der Waals surface area contributed by atoms with Crippen LogP contribution in [0.25, 0.3) is 0 Å². The molecule has 122 valence electrons. The third kappa shape index (κ3) is 4.23. The predicted molar refractivity (Wildman–Crippen MR) is 91.3 cm³/mol. The Morgan fingerprint density at radius 2 is 1.55 bits per heavy atom. The largest absolute Gasteiger partial charge is 0.497 e. The van der Waals surface area contributed by atoms with Crippen molar-refractivity contribution >= 4 is 0 Å². The number of methoxy groups -OCH3 is 1. The minimum absolute atomic E-state index is 0.866. The van der Waals surface area contributed by atoms with E-state index in [4.69, 9.17) is 4.74 Å². The van der Waals surface area contributed by atoms with Crippen molar-refractivity contribution in [3.63, 3.8) is 0 Å². The van der Waals surface area contributed by atoms with Gasteiger partial charge >= 0.3 is 0 Å². The normalized spacial score (nSPS) is 22.4. The van der Waals surface area contributed by atoms with E-state index in [1.807, 2.05) is 0 Å². The maximum absolute atomic E-state index is 5.23. The number of hydrogen-bond acceptors (Lipinski definition) is 3. The lowest BCUT2D eigenvalue weighted by Gasteiger charge is -2.39. The van der Waals surface area contributed by atoms with Crippen LogP contribution in [0.1, 0.15) is 44.1 Å². The second-order valence-corrected chi connectivity index (χ2v) is 6.81. The molecule has 3 heteroatoms. The minimum atomic E-state index is 0.866. The summed E-state index contributed by atoms with van der Waals surface area (Å²) in [6.45, 7) is 6.00. The Kier molecular flexibility index (Phi) is 5.74. The quantitative estimate of drug-likeness (QED) is 0.791. The fraction of sp³-hybridized carbons (Fsp3) is 0.684. The molecule has 2 aliphatic rings. The van der Waals surface area contributed by atoms with Gasteiger partial charge in [0.25, 0.3) is 0 Å². The molecule has 0 radical (unpaired) electrons. The Bertz CT molecular complexity index is 429. The second kappa shape index (κ2) is 7.98. The van der Waals surface area contributed by atoms with Crippen LogP contribution in [0.5, 0.6) is 5.75 Å². The Balaban J connectivity index is 1.46. The van der Waals surface area contributed by atoms with E-state index < -0.39 is 0 Å². The zero-order valence-electron chi connectivity index (χ0n) is 14.0. The van der Waals surface area contributed by atoms with E-state index in [0.29, 0.717) is 0 Å². The van der Waals surface area contributed by atoms with Gasteiger partial charge in [0, 0.05) is 38.8 Å². The van der Waals surface area contributed by atoms with Gasteiger partial charge in [0.1, 0.15) is 5.75 Å². The van der Waals surface area contributed by atoms with Crippen LogP contribution in [0, 0.1) is 0 Å². The molecule has 2 fully saturated rings. The van der Waals surface area contributed by atoms with Crippen molar-refractivity contribution in [1.29, 1.82) is 0 Å². The first-order valence-corrected chi connectivity index (χ1v) is 8.94. The molecule has 1 aliphatic heterocycles. The molecule has 3 nitrogen and oxygen atoms in total. The van der Waals surface area contributed by atoms with Gasteiger partial charge < -0.3 is 4.74 Å². The third-order valence-electron chi connectivity index (χ3n) is 5.31. The smallest absolute Gasteiger partial charge is 0.118 e. The molecule has 3 rings (SSSR count). The van der Waals surface area contributed by atoms with E-state index in [1.54, 1.807) is 7.11 Å². The van der Waals surface area contributed by atoms with Gasteiger partial charge in [-0.05, 0) is 30.5 Å². The first-order valence-electron chi connectivity index (χ1n) is 8.94. The van der Waals surface area contributed by atoms with E-state index in [2.05, 4.69) is 34.1 Å². The zero-order chi connectivity index (χ0) is 15.2. The van der Waals surface area contributed by atoms with Gasteiger partial charge in [-0.2, -0.15) is 0 Å². The number of hydrogen-bond donors (Lipinski definition) is 0. The van der Waals surface area contributed by atoms with Crippen LogP contribution in [-0.4, -0.2) is 49.1 Å². The van der Waals surface area contributed by atoms with Crippen molar-refractivity contribution in [2.75, 3.05) is 33.3 Å². The van der Waals surface area contributed by atoms with Crippen LogP contribution in [0.2, 0.25) is 0 Å². The fourth-order valence-electron chi connectivity index (χ4n) is 3.90. The van der Waals surface area contributed by atoms with Crippen LogP contribution >= 0.6 is 0 Å². The highest BCUT2D eigenvalue weighted by atomic mass is 16.5.